The van der Waals surface area contributed by atoms with Crippen molar-refractivity contribution < 1.29 is 19.1 Å². The number of hydrogen-bond donors (Lipinski definition) is 2. The molecule has 8 heteroatoms. The van der Waals surface area contributed by atoms with Crippen molar-refractivity contribution in [3.8, 4) is 0 Å². The molecule has 2 heterocycles. The van der Waals surface area contributed by atoms with E-state index in [4.69, 9.17) is 21.1 Å². The Hall–Kier alpha value is -3.84. The van der Waals surface area contributed by atoms with Crippen molar-refractivity contribution in [1.29, 1.82) is 0 Å². The lowest BCUT2D eigenvalue weighted by atomic mass is 9.83. The Balaban J connectivity index is 1.51. The second kappa shape index (κ2) is 14.0. The number of esters is 2. The topological polar surface area (TPSA) is 93.3 Å². The van der Waals surface area contributed by atoms with Crippen molar-refractivity contribution in [1.82, 2.24) is 15.3 Å². The van der Waals surface area contributed by atoms with Crippen LogP contribution in [-0.4, -0.2) is 35.1 Å². The van der Waals surface area contributed by atoms with E-state index < -0.39 is 17.9 Å². The van der Waals surface area contributed by atoms with Gasteiger partial charge in [0.2, 0.25) is 0 Å². The van der Waals surface area contributed by atoms with Gasteiger partial charge in [0.25, 0.3) is 0 Å². The fourth-order valence-corrected chi connectivity index (χ4v) is 5.18. The average molecular weight is 562 g/mol. The van der Waals surface area contributed by atoms with E-state index in [-0.39, 0.29) is 18.4 Å². The average Bonchev–Trinajstić information content (AvgIpc) is 3.34. The molecule has 2 aromatic carbocycles. The zero-order valence-corrected chi connectivity index (χ0v) is 24.0. The van der Waals surface area contributed by atoms with Crippen LogP contribution < -0.4 is 5.32 Å². The van der Waals surface area contributed by atoms with Crippen molar-refractivity contribution in [3.05, 3.63) is 111 Å². The van der Waals surface area contributed by atoms with Crippen LogP contribution in [0.3, 0.4) is 0 Å². The van der Waals surface area contributed by atoms with E-state index in [1.165, 1.54) is 11.1 Å². The number of H-pyrrole nitrogens is 1. The molecule has 7 nitrogen and oxygen atoms in total. The summed E-state index contributed by atoms with van der Waals surface area (Å²) in [5, 5.41) is 3.41. The van der Waals surface area contributed by atoms with E-state index in [0.717, 1.165) is 12.8 Å². The van der Waals surface area contributed by atoms with E-state index in [9.17, 15) is 9.59 Å². The molecule has 0 saturated carbocycles. The van der Waals surface area contributed by atoms with E-state index >= 15 is 0 Å². The van der Waals surface area contributed by atoms with E-state index in [1.807, 2.05) is 67.6 Å². The minimum atomic E-state index is -0.801. The number of nitrogens with zero attached hydrogens (tertiary/aromatic N) is 1. The van der Waals surface area contributed by atoms with Crippen LogP contribution >= 0.6 is 11.6 Å². The largest absolute Gasteiger partial charge is 0.462 e. The molecule has 0 spiro atoms. The molecule has 0 bridgehead atoms. The summed E-state index contributed by atoms with van der Waals surface area (Å²) < 4.78 is 11.4. The Bertz CT molecular complexity index is 1300. The maximum Gasteiger partial charge on any atom is 0.336 e. The molecule has 1 aliphatic rings. The van der Waals surface area contributed by atoms with Crippen molar-refractivity contribution >= 4 is 23.5 Å². The van der Waals surface area contributed by atoms with Gasteiger partial charge in [-0.25, -0.2) is 14.6 Å². The highest BCUT2D eigenvalue weighted by Gasteiger charge is 2.40. The third-order valence-electron chi connectivity index (χ3n) is 6.93. The van der Waals surface area contributed by atoms with Gasteiger partial charge in [-0.05, 0) is 50.7 Å². The molecule has 1 aromatic heterocycles. The highest BCUT2D eigenvalue weighted by molar-refractivity contribution is 6.30. The molecule has 4 rings (SSSR count). The van der Waals surface area contributed by atoms with Gasteiger partial charge < -0.3 is 19.8 Å². The number of rotatable bonds is 12. The van der Waals surface area contributed by atoms with Gasteiger partial charge in [-0.15, -0.1) is 0 Å². The molecule has 40 heavy (non-hydrogen) atoms. The fraction of sp³-hybridized carbons (Fsp3) is 0.344. The Morgan fingerprint density at radius 1 is 0.825 bits per heavy atom. The van der Waals surface area contributed by atoms with Crippen LogP contribution in [0.15, 0.2) is 83.2 Å². The minimum Gasteiger partial charge on any atom is -0.462 e. The first-order chi connectivity index (χ1) is 19.4. The summed E-state index contributed by atoms with van der Waals surface area (Å²) in [4.78, 5) is 34.7. The fourth-order valence-electron chi connectivity index (χ4n) is 4.92. The Labute approximate surface area is 240 Å². The third kappa shape index (κ3) is 7.21. The van der Waals surface area contributed by atoms with Gasteiger partial charge in [-0.3, -0.25) is 0 Å². The smallest absolute Gasteiger partial charge is 0.336 e. The van der Waals surface area contributed by atoms with Crippen LogP contribution in [-0.2, 0) is 38.3 Å². The molecule has 2 N–H and O–H groups in total. The van der Waals surface area contributed by atoms with E-state index in [2.05, 4.69) is 15.3 Å². The minimum absolute atomic E-state index is 0.216. The summed E-state index contributed by atoms with van der Waals surface area (Å²) in [6.07, 6.45) is 3.56. The summed E-state index contributed by atoms with van der Waals surface area (Å²) in [5.41, 5.74) is 4.66. The molecule has 0 fully saturated rings. The molecule has 1 aliphatic heterocycles. The SMILES string of the molecule is CCc1nc(Cl)c(C2C(C(=O)OCCCc3ccccc3)=C(C)NC(C)=C2C(=O)OCCCc2ccccc2)[nH]1. The number of aryl methyl sites for hydroxylation is 3. The monoisotopic (exact) mass is 561 g/mol. The van der Waals surface area contributed by atoms with Gasteiger partial charge in [0.1, 0.15) is 5.82 Å². The number of carbonyl (C=O) groups excluding carboxylic acids is 2. The highest BCUT2D eigenvalue weighted by Crippen LogP contribution is 2.41. The first kappa shape index (κ1) is 29.2. The van der Waals surface area contributed by atoms with Crippen LogP contribution in [0, 0.1) is 0 Å². The van der Waals surface area contributed by atoms with Gasteiger partial charge in [0, 0.05) is 17.8 Å². The van der Waals surface area contributed by atoms with E-state index in [0.29, 0.717) is 53.3 Å². The Morgan fingerprint density at radius 3 is 1.73 bits per heavy atom. The first-order valence-electron chi connectivity index (χ1n) is 13.7. The van der Waals surface area contributed by atoms with Gasteiger partial charge >= 0.3 is 11.9 Å². The zero-order chi connectivity index (χ0) is 28.5. The number of allylic oxidation sites excluding steroid dienone is 2. The van der Waals surface area contributed by atoms with Crippen molar-refractivity contribution in [3.63, 3.8) is 0 Å². The Morgan fingerprint density at radius 2 is 1.30 bits per heavy atom. The summed E-state index contributed by atoms with van der Waals surface area (Å²) >= 11 is 6.57. The van der Waals surface area contributed by atoms with Crippen LogP contribution in [0.25, 0.3) is 0 Å². The standard InChI is InChI=1S/C32H36ClN3O4/c1-4-25-35-29(30(33)36-25)28-26(31(37)39-19-11-17-23-13-7-5-8-14-23)21(2)34-22(3)27(28)32(38)40-20-12-18-24-15-9-6-10-16-24/h5-10,13-16,28,34H,4,11-12,17-20H2,1-3H3,(H,35,36). The molecule has 0 atom stereocenters. The van der Waals surface area contributed by atoms with Crippen molar-refractivity contribution in [2.45, 2.75) is 58.8 Å². The maximum absolute atomic E-state index is 13.5. The van der Waals surface area contributed by atoms with Gasteiger partial charge in [0.15, 0.2) is 5.15 Å². The van der Waals surface area contributed by atoms with E-state index in [1.54, 1.807) is 13.8 Å². The van der Waals surface area contributed by atoms with Gasteiger partial charge in [-0.1, -0.05) is 79.2 Å². The summed E-state index contributed by atoms with van der Waals surface area (Å²) in [6.45, 7) is 6.04. The second-order valence-corrected chi connectivity index (χ2v) is 10.2. The summed E-state index contributed by atoms with van der Waals surface area (Å²) in [6, 6.07) is 20.1. The zero-order valence-electron chi connectivity index (χ0n) is 23.3. The number of hydrogen-bond acceptors (Lipinski definition) is 6. The van der Waals surface area contributed by atoms with Crippen LogP contribution in [0.4, 0.5) is 0 Å². The quantitative estimate of drug-likeness (QED) is 0.202. The van der Waals surface area contributed by atoms with Crippen molar-refractivity contribution in [2.24, 2.45) is 0 Å². The van der Waals surface area contributed by atoms with Gasteiger partial charge in [-0.2, -0.15) is 0 Å². The van der Waals surface area contributed by atoms with Crippen molar-refractivity contribution in [2.75, 3.05) is 13.2 Å². The lowest BCUT2D eigenvalue weighted by Gasteiger charge is -2.29. The number of dihydropyridines is 1. The number of benzene rings is 2. The first-order valence-corrected chi connectivity index (χ1v) is 14.1. The number of aromatic amines is 1. The van der Waals surface area contributed by atoms with Crippen LogP contribution in [0.5, 0.6) is 0 Å². The Kier molecular flexibility index (Phi) is 10.2. The lowest BCUT2D eigenvalue weighted by molar-refractivity contribution is -0.140. The number of nitrogens with one attached hydrogen (secondary N) is 2. The number of aromatic nitrogens is 2. The van der Waals surface area contributed by atoms with Crippen LogP contribution in [0.1, 0.15) is 62.2 Å². The highest BCUT2D eigenvalue weighted by atomic mass is 35.5. The maximum atomic E-state index is 13.5. The predicted molar refractivity (Wildman–Crippen MR) is 156 cm³/mol. The molecule has 0 amide bonds. The molecular weight excluding hydrogens is 526 g/mol. The summed E-state index contributed by atoms with van der Waals surface area (Å²) in [7, 11) is 0. The lowest BCUT2D eigenvalue weighted by Crippen LogP contribution is -2.33. The normalized spacial score (nSPS) is 13.8. The third-order valence-corrected chi connectivity index (χ3v) is 7.22. The van der Waals surface area contributed by atoms with Crippen LogP contribution in [0.2, 0.25) is 5.15 Å². The molecular formula is C32H36ClN3O4. The molecule has 3 aromatic rings. The van der Waals surface area contributed by atoms with Gasteiger partial charge in [0.05, 0.1) is 36.0 Å². The molecule has 0 unspecified atom stereocenters. The number of carbonyl (C=O) groups is 2. The number of ether oxygens (including phenoxy) is 2. The molecule has 210 valence electrons. The molecule has 0 saturated heterocycles. The number of imidazole rings is 1. The molecule has 0 radical (unpaired) electrons. The number of halogens is 1. The second-order valence-electron chi connectivity index (χ2n) is 9.83. The summed E-state index contributed by atoms with van der Waals surface area (Å²) in [5.74, 6) is -1.15. The molecule has 0 aliphatic carbocycles. The predicted octanol–water partition coefficient (Wildman–Crippen LogP) is 6.21.